The Morgan fingerprint density at radius 3 is 0.955 bits per heavy atom. The van der Waals surface area contributed by atoms with E-state index in [9.17, 15) is 0 Å². The molecule has 0 heterocycles. The average Bonchev–Trinajstić information content (AvgIpc) is 2.59. The second-order valence-electron chi connectivity index (χ2n) is 4.39. The van der Waals surface area contributed by atoms with E-state index in [1.807, 2.05) is 0 Å². The summed E-state index contributed by atoms with van der Waals surface area (Å²) in [7, 11) is -0.446. The van der Waals surface area contributed by atoms with Crippen LogP contribution in [0.2, 0.25) is 0 Å². The summed E-state index contributed by atoms with van der Waals surface area (Å²) < 4.78 is 16.8. The minimum Gasteiger partial charge on any atom is -0.0622 e. The van der Waals surface area contributed by atoms with Crippen molar-refractivity contribution in [3.8, 4) is 0 Å². The van der Waals surface area contributed by atoms with Crippen LogP contribution in [-0.2, 0) is 24.8 Å². The van der Waals surface area contributed by atoms with Crippen LogP contribution in [-0.4, -0.2) is 0 Å². The van der Waals surface area contributed by atoms with Gasteiger partial charge in [0.05, 0.1) is 0 Å². The van der Waals surface area contributed by atoms with Crippen LogP contribution < -0.4 is 15.9 Å². The summed E-state index contributed by atoms with van der Waals surface area (Å²) in [6.45, 7) is 0. The third-order valence-corrected chi connectivity index (χ3v) is 5.49. The summed E-state index contributed by atoms with van der Waals surface area (Å²) >= 11 is -1.55. The zero-order valence-electron chi connectivity index (χ0n) is 11.7. The molecule has 0 saturated carbocycles. The first-order chi connectivity index (χ1) is 10.9. The molecule has 0 amide bonds. The Bertz CT molecular complexity index is 618. The van der Waals surface area contributed by atoms with E-state index in [4.69, 9.17) is 6.94 Å². The molecule has 0 aliphatic heterocycles. The zero-order valence-corrected chi connectivity index (χ0v) is 14.2. The van der Waals surface area contributed by atoms with E-state index in [2.05, 4.69) is 91.0 Å². The van der Waals surface area contributed by atoms with Gasteiger partial charge >= 0.3 is 24.8 Å². The van der Waals surface area contributed by atoms with Crippen LogP contribution >= 0.6 is 7.92 Å². The van der Waals surface area contributed by atoms with Crippen LogP contribution in [0, 0.1) is 0 Å². The second kappa shape index (κ2) is 9.39. The molecule has 3 aromatic rings. The summed E-state index contributed by atoms with van der Waals surface area (Å²) in [5.74, 6) is 0. The maximum atomic E-state index is 8.43. The van der Waals surface area contributed by atoms with Gasteiger partial charge in [-0.15, -0.1) is 0 Å². The van der Waals surface area contributed by atoms with E-state index in [1.54, 1.807) is 0 Å². The largest absolute Gasteiger partial charge is 0.0622 e. The van der Waals surface area contributed by atoms with Gasteiger partial charge < -0.3 is 0 Å². The van der Waals surface area contributed by atoms with E-state index in [0.717, 1.165) is 0 Å². The van der Waals surface area contributed by atoms with Gasteiger partial charge in [0.2, 0.25) is 0 Å². The number of rotatable bonds is 3. The topological polar surface area (TPSA) is 34.1 Å². The van der Waals surface area contributed by atoms with Crippen molar-refractivity contribution in [1.29, 1.82) is 0 Å². The van der Waals surface area contributed by atoms with Crippen molar-refractivity contribution >= 4 is 23.8 Å². The van der Waals surface area contributed by atoms with Crippen molar-refractivity contribution in [1.82, 2.24) is 0 Å². The van der Waals surface area contributed by atoms with Crippen LogP contribution in [0.25, 0.3) is 0 Å². The summed E-state index contributed by atoms with van der Waals surface area (Å²) in [6, 6.07) is 32.3. The molecule has 0 fully saturated rings. The maximum Gasteiger partial charge on any atom is -0.0134 e. The molecule has 3 aromatic carbocycles. The van der Waals surface area contributed by atoms with Crippen LogP contribution in [0.4, 0.5) is 0 Å². The van der Waals surface area contributed by atoms with Crippen LogP contribution in [0.15, 0.2) is 91.0 Å². The molecular formula is C18H15O2PPd. The Kier molecular flexibility index (Phi) is 7.13. The molecular weight excluding hydrogens is 386 g/mol. The molecule has 0 unspecified atom stereocenters. The van der Waals surface area contributed by atoms with Gasteiger partial charge in [0.25, 0.3) is 0 Å². The Morgan fingerprint density at radius 2 is 0.727 bits per heavy atom. The fourth-order valence-corrected chi connectivity index (χ4v) is 4.48. The minimum atomic E-state index is -1.55. The third-order valence-electron chi connectivity index (χ3n) is 3.04. The molecule has 2 nitrogen and oxygen atoms in total. The standard InChI is InChI=1S/C18H15P.2O.Pd/c1-4-10-16(11-5-1)19(17-12-6-2-7-13-17)18-14-8-3-9-15-18;;;/h1-15H;;;. The van der Waals surface area contributed by atoms with Crippen LogP contribution in [0.3, 0.4) is 0 Å². The quantitative estimate of drug-likeness (QED) is 0.500. The molecule has 0 bridgehead atoms. The second-order valence-corrected chi connectivity index (χ2v) is 6.87. The molecule has 3 rings (SSSR count). The number of hydrogen-bond donors (Lipinski definition) is 0. The van der Waals surface area contributed by atoms with Gasteiger partial charge in [-0.2, -0.15) is 0 Å². The predicted octanol–water partition coefficient (Wildman–Crippen LogP) is 3.20. The molecule has 0 aliphatic rings. The molecule has 0 spiro atoms. The van der Waals surface area contributed by atoms with Gasteiger partial charge in [-0.25, -0.2) is 0 Å². The smallest absolute Gasteiger partial charge is 0.0134 e. The first-order valence-corrected chi connectivity index (χ1v) is 9.27. The molecule has 0 radical (unpaired) electrons. The minimum absolute atomic E-state index is 0.446. The van der Waals surface area contributed by atoms with Crippen molar-refractivity contribution < 1.29 is 24.8 Å². The first-order valence-electron chi connectivity index (χ1n) is 6.66. The molecule has 0 aliphatic carbocycles. The van der Waals surface area contributed by atoms with E-state index in [-0.39, 0.29) is 0 Å². The molecule has 0 N–H and O–H groups in total. The van der Waals surface area contributed by atoms with E-state index >= 15 is 0 Å². The van der Waals surface area contributed by atoms with Crippen molar-refractivity contribution in [2.75, 3.05) is 0 Å². The van der Waals surface area contributed by atoms with Crippen molar-refractivity contribution in [2.45, 2.75) is 0 Å². The van der Waals surface area contributed by atoms with Gasteiger partial charge in [-0.05, 0) is 23.8 Å². The van der Waals surface area contributed by atoms with Crippen LogP contribution in [0.1, 0.15) is 0 Å². The summed E-state index contributed by atoms with van der Waals surface area (Å²) in [4.78, 5) is 0. The Morgan fingerprint density at radius 1 is 0.500 bits per heavy atom. The van der Waals surface area contributed by atoms with E-state index < -0.39 is 25.8 Å². The summed E-state index contributed by atoms with van der Waals surface area (Å²) in [5.41, 5.74) is 0. The Labute approximate surface area is 139 Å². The molecule has 22 heavy (non-hydrogen) atoms. The molecule has 0 aromatic heterocycles. The maximum absolute atomic E-state index is 8.43. The fourth-order valence-electron chi connectivity index (χ4n) is 2.18. The Hall–Kier alpha value is -1.65. The van der Waals surface area contributed by atoms with E-state index in [0.29, 0.717) is 0 Å². The SMILES string of the molecule is [O]=[Pd]=[O].c1ccc(P(c2ccccc2)c2ccccc2)cc1. The summed E-state index contributed by atoms with van der Waals surface area (Å²) in [6.07, 6.45) is 0. The van der Waals surface area contributed by atoms with Crippen LogP contribution in [0.5, 0.6) is 0 Å². The average molecular weight is 401 g/mol. The molecule has 114 valence electrons. The Balaban J connectivity index is 0.000000545. The monoisotopic (exact) mass is 400 g/mol. The first kappa shape index (κ1) is 16.7. The van der Waals surface area contributed by atoms with Gasteiger partial charge in [0.1, 0.15) is 0 Å². The third kappa shape index (κ3) is 4.68. The molecule has 4 heteroatoms. The molecule has 0 saturated heterocycles. The predicted molar refractivity (Wildman–Crippen MR) is 86.5 cm³/mol. The number of benzene rings is 3. The number of hydrogen-bond acceptors (Lipinski definition) is 2. The molecule has 0 atom stereocenters. The van der Waals surface area contributed by atoms with Gasteiger partial charge in [-0.1, -0.05) is 91.0 Å². The zero-order chi connectivity index (χ0) is 15.6. The van der Waals surface area contributed by atoms with Crippen molar-refractivity contribution in [3.05, 3.63) is 91.0 Å². The fraction of sp³-hybridized carbons (Fsp3) is 0. The van der Waals surface area contributed by atoms with Crippen molar-refractivity contribution in [3.63, 3.8) is 0 Å². The van der Waals surface area contributed by atoms with Crippen molar-refractivity contribution in [2.24, 2.45) is 0 Å². The van der Waals surface area contributed by atoms with Gasteiger partial charge in [0.15, 0.2) is 0 Å². The van der Waals surface area contributed by atoms with Gasteiger partial charge in [0, 0.05) is 0 Å². The normalized spacial score (nSPS) is 10.0. The summed E-state index contributed by atoms with van der Waals surface area (Å²) in [5, 5.41) is 4.19. The van der Waals surface area contributed by atoms with E-state index in [1.165, 1.54) is 15.9 Å². The van der Waals surface area contributed by atoms with Gasteiger partial charge in [-0.3, -0.25) is 0 Å².